The number of rotatable bonds is 6. The second kappa shape index (κ2) is 14.2. The number of pyridine rings is 1. The Morgan fingerprint density at radius 1 is 0.462 bits per heavy atom. The largest absolute Gasteiger partial charge is 0.247 e. The molecule has 0 saturated heterocycles. The van der Waals surface area contributed by atoms with Crippen molar-refractivity contribution in [2.45, 2.75) is 13.3 Å². The third-order valence-electron chi connectivity index (χ3n) is 10.1. The van der Waals surface area contributed by atoms with Crippen LogP contribution in [0.2, 0.25) is 0 Å². The lowest BCUT2D eigenvalue weighted by Crippen LogP contribution is -1.89. The van der Waals surface area contributed by atoms with Crippen LogP contribution >= 0.6 is 0 Å². The van der Waals surface area contributed by atoms with Crippen LogP contribution < -0.4 is 0 Å². The summed E-state index contributed by atoms with van der Waals surface area (Å²) in [6.45, 7) is 2.24. The highest BCUT2D eigenvalue weighted by Crippen LogP contribution is 2.33. The number of allylic oxidation sites excluding steroid dienone is 1. The lowest BCUT2D eigenvalue weighted by atomic mass is 9.95. The number of hydrogen-bond acceptors (Lipinski definition) is 1. The van der Waals surface area contributed by atoms with Gasteiger partial charge < -0.3 is 0 Å². The van der Waals surface area contributed by atoms with Crippen LogP contribution in [-0.4, -0.2) is 4.98 Å². The van der Waals surface area contributed by atoms with Crippen LogP contribution in [0, 0.1) is 19.8 Å². The Morgan fingerprint density at radius 3 is 1.75 bits per heavy atom. The van der Waals surface area contributed by atoms with Crippen molar-refractivity contribution >= 4 is 49.3 Å². The molecule has 1 heterocycles. The van der Waals surface area contributed by atoms with E-state index in [0.29, 0.717) is 0 Å². The smallest absolute Gasteiger partial charge is 0.0788 e. The van der Waals surface area contributed by atoms with E-state index in [1.165, 1.54) is 71.3 Å². The normalized spacial score (nSPS) is 11.3. The van der Waals surface area contributed by atoms with E-state index >= 15 is 0 Å². The van der Waals surface area contributed by atoms with E-state index in [1.54, 1.807) is 0 Å². The molecule has 8 aromatic carbocycles. The number of benzene rings is 8. The molecule has 0 aliphatic carbocycles. The van der Waals surface area contributed by atoms with E-state index in [4.69, 9.17) is 4.98 Å². The lowest BCUT2D eigenvalue weighted by molar-refractivity contribution is 1.29. The zero-order chi connectivity index (χ0) is 35.4. The van der Waals surface area contributed by atoms with Gasteiger partial charge in [0.25, 0.3) is 0 Å². The molecule has 0 radical (unpaired) electrons. The summed E-state index contributed by atoms with van der Waals surface area (Å²) in [5.41, 5.74) is 11.9. The van der Waals surface area contributed by atoms with Crippen molar-refractivity contribution in [1.82, 2.24) is 4.98 Å². The minimum atomic E-state index is 0.867. The average molecular weight is 664 g/mol. The molecule has 0 N–H and O–H groups in total. The molecule has 9 rings (SSSR count). The third-order valence-corrected chi connectivity index (χ3v) is 10.1. The number of nitrogens with zero attached hydrogens (tertiary/aromatic N) is 1. The summed E-state index contributed by atoms with van der Waals surface area (Å²) in [5, 5.41) is 8.58. The molecule has 0 fully saturated rings. The average Bonchev–Trinajstić information content (AvgIpc) is 3.22. The van der Waals surface area contributed by atoms with Gasteiger partial charge in [-0.1, -0.05) is 158 Å². The molecule has 1 nitrogen and oxygen atoms in total. The van der Waals surface area contributed by atoms with Crippen molar-refractivity contribution in [2.75, 3.05) is 0 Å². The van der Waals surface area contributed by atoms with Gasteiger partial charge >= 0.3 is 0 Å². The SMILES string of the molecule is C#C.Cc1c(/C=C\Cc2ccc3ccc(-c4ccc5ccc6ccc(-c7ccccc7)cc6c5n4)cc3c2)ccc2ccc(-c3ccccc3)cc12. The molecule has 0 spiro atoms. The quantitative estimate of drug-likeness (QED) is 0.127. The molecule has 0 aliphatic heterocycles. The van der Waals surface area contributed by atoms with Crippen LogP contribution in [0.5, 0.6) is 0 Å². The molecular formula is C51H37N. The maximum absolute atomic E-state index is 5.26. The summed E-state index contributed by atoms with van der Waals surface area (Å²) < 4.78 is 0. The molecule has 0 aliphatic rings. The minimum absolute atomic E-state index is 0.867. The highest BCUT2D eigenvalue weighted by atomic mass is 14.7. The van der Waals surface area contributed by atoms with Crippen LogP contribution in [0.1, 0.15) is 16.7 Å². The highest BCUT2D eigenvalue weighted by Gasteiger charge is 2.09. The Hall–Kier alpha value is -6.75. The molecule has 0 bridgehead atoms. The summed E-state index contributed by atoms with van der Waals surface area (Å²) >= 11 is 0. The second-order valence-corrected chi connectivity index (χ2v) is 13.2. The zero-order valence-electron chi connectivity index (χ0n) is 29.1. The summed E-state index contributed by atoms with van der Waals surface area (Å²) in [7, 11) is 0. The van der Waals surface area contributed by atoms with Gasteiger partial charge in [-0.25, -0.2) is 4.98 Å². The van der Waals surface area contributed by atoms with Gasteiger partial charge in [-0.15, -0.1) is 12.8 Å². The van der Waals surface area contributed by atoms with Gasteiger partial charge in [-0.2, -0.15) is 0 Å². The van der Waals surface area contributed by atoms with Gasteiger partial charge in [0.2, 0.25) is 0 Å². The highest BCUT2D eigenvalue weighted by molar-refractivity contribution is 6.07. The summed E-state index contributed by atoms with van der Waals surface area (Å²) in [4.78, 5) is 5.26. The molecular weight excluding hydrogens is 627 g/mol. The Bertz CT molecular complexity index is 2770. The number of terminal acetylenes is 1. The summed E-state index contributed by atoms with van der Waals surface area (Å²) in [6, 6.07) is 61.4. The van der Waals surface area contributed by atoms with Crippen molar-refractivity contribution in [3.63, 3.8) is 0 Å². The molecule has 52 heavy (non-hydrogen) atoms. The topological polar surface area (TPSA) is 12.9 Å². The summed E-state index contributed by atoms with van der Waals surface area (Å²) in [5.74, 6) is 0. The molecule has 0 amide bonds. The maximum atomic E-state index is 5.26. The fourth-order valence-electron chi connectivity index (χ4n) is 7.26. The molecule has 1 heteroatoms. The number of aryl methyl sites for hydroxylation is 1. The Labute approximate surface area is 305 Å². The fraction of sp³-hybridized carbons (Fsp3) is 0.0392. The molecule has 0 atom stereocenters. The van der Waals surface area contributed by atoms with E-state index < -0.39 is 0 Å². The number of aromatic nitrogens is 1. The monoisotopic (exact) mass is 663 g/mol. The van der Waals surface area contributed by atoms with Crippen molar-refractivity contribution in [3.8, 4) is 46.4 Å². The fourth-order valence-corrected chi connectivity index (χ4v) is 7.26. The van der Waals surface area contributed by atoms with Gasteiger partial charge in [-0.3, -0.25) is 0 Å². The van der Waals surface area contributed by atoms with Gasteiger partial charge in [0, 0.05) is 16.3 Å². The molecule has 246 valence electrons. The maximum Gasteiger partial charge on any atom is 0.0788 e. The minimum Gasteiger partial charge on any atom is -0.247 e. The van der Waals surface area contributed by atoms with Crippen molar-refractivity contribution in [1.29, 1.82) is 0 Å². The van der Waals surface area contributed by atoms with Crippen molar-refractivity contribution < 1.29 is 0 Å². The van der Waals surface area contributed by atoms with E-state index in [-0.39, 0.29) is 0 Å². The van der Waals surface area contributed by atoms with Gasteiger partial charge in [0.1, 0.15) is 0 Å². The van der Waals surface area contributed by atoms with Crippen molar-refractivity contribution in [3.05, 3.63) is 193 Å². The second-order valence-electron chi connectivity index (χ2n) is 13.2. The molecule has 0 saturated carbocycles. The van der Waals surface area contributed by atoms with Crippen molar-refractivity contribution in [2.24, 2.45) is 0 Å². The van der Waals surface area contributed by atoms with E-state index in [1.807, 2.05) is 0 Å². The summed E-state index contributed by atoms with van der Waals surface area (Å²) in [6.07, 6.45) is 13.4. The first-order chi connectivity index (χ1) is 25.7. The lowest BCUT2D eigenvalue weighted by Gasteiger charge is -2.10. The predicted octanol–water partition coefficient (Wildman–Crippen LogP) is 13.5. The first-order valence-electron chi connectivity index (χ1n) is 17.7. The van der Waals surface area contributed by atoms with Crippen LogP contribution in [0.15, 0.2) is 176 Å². The predicted molar refractivity (Wildman–Crippen MR) is 224 cm³/mol. The first kappa shape index (κ1) is 32.5. The van der Waals surface area contributed by atoms with Gasteiger partial charge in [-0.05, 0) is 103 Å². The van der Waals surface area contributed by atoms with Gasteiger partial charge in [0.05, 0.1) is 11.2 Å². The zero-order valence-corrected chi connectivity index (χ0v) is 29.1. The van der Waals surface area contributed by atoms with Crippen LogP contribution in [-0.2, 0) is 6.42 Å². The Kier molecular flexibility index (Phi) is 8.89. The molecule has 1 aromatic heterocycles. The van der Waals surface area contributed by atoms with E-state index in [9.17, 15) is 0 Å². The van der Waals surface area contributed by atoms with E-state index in [2.05, 4.69) is 202 Å². The third kappa shape index (κ3) is 6.35. The Balaban J connectivity index is 0.00000190. The van der Waals surface area contributed by atoms with Crippen LogP contribution in [0.25, 0.3) is 82.8 Å². The molecule has 9 aromatic rings. The standard InChI is InChI=1S/C49H35N.C2H2/c1-33-35(17-19-39-21-24-42(31-46(33)39)36-10-4-2-5-11-36)14-8-9-34-15-16-38-18-26-44(30-45(38)29-34)48-28-27-41-23-20-40-22-25-43(32-47(40)49(41)50-48)37-12-6-3-7-13-37;1-2/h2-8,10-32H,9H2,1H3;1-2H/b14-8-;. The van der Waals surface area contributed by atoms with Crippen LogP contribution in [0.3, 0.4) is 0 Å². The molecule has 0 unspecified atom stereocenters. The number of hydrogen-bond donors (Lipinski definition) is 0. The Morgan fingerprint density at radius 2 is 1.02 bits per heavy atom. The van der Waals surface area contributed by atoms with Gasteiger partial charge in [0.15, 0.2) is 0 Å². The number of fused-ring (bicyclic) bond motifs is 5. The first-order valence-corrected chi connectivity index (χ1v) is 17.7. The van der Waals surface area contributed by atoms with E-state index in [0.717, 1.165) is 28.6 Å². The van der Waals surface area contributed by atoms with Crippen LogP contribution in [0.4, 0.5) is 0 Å².